The molecule has 2 aromatic rings. The summed E-state index contributed by atoms with van der Waals surface area (Å²) < 4.78 is 2.04. The Hall–Kier alpha value is -1.05. The van der Waals surface area contributed by atoms with E-state index in [9.17, 15) is 0 Å². The number of hydrogen-bond donors (Lipinski definition) is 0. The van der Waals surface area contributed by atoms with Crippen LogP contribution in [0.1, 0.15) is 44.6 Å². The normalized spacial score (nSPS) is 6.45. The molecule has 0 aliphatic heterocycles. The fraction of sp³-hybridized carbons (Fsp3) is 0.353. The van der Waals surface area contributed by atoms with Crippen LogP contribution < -0.4 is 17.0 Å². The van der Waals surface area contributed by atoms with Crippen molar-refractivity contribution in [3.63, 3.8) is 0 Å². The zero-order chi connectivity index (χ0) is 9.10. The molecule has 0 atom stereocenters. The second kappa shape index (κ2) is 17.9. The average Bonchev–Trinajstić information content (AvgIpc) is 2.20. The van der Waals surface area contributed by atoms with Crippen molar-refractivity contribution in [2.45, 2.75) is 44.6 Å². The van der Waals surface area contributed by atoms with Crippen LogP contribution in [-0.2, 0) is 0 Å². The predicted octanol–water partition coefficient (Wildman–Crippen LogP) is 3.44. The van der Waals surface area contributed by atoms with Gasteiger partial charge in [0.15, 0.2) is 12.4 Å². The van der Waals surface area contributed by atoms with Gasteiger partial charge < -0.3 is 12.4 Å². The number of benzene rings is 1. The fourth-order valence-corrected chi connectivity index (χ4v) is 1.31. The Balaban J connectivity index is -0.0000000700. The summed E-state index contributed by atoms with van der Waals surface area (Å²) in [6.45, 7) is 0. The average molecular weight is 322 g/mol. The highest BCUT2D eigenvalue weighted by molar-refractivity contribution is 6.30. The van der Waals surface area contributed by atoms with Gasteiger partial charge in [-0.05, 0) is 12.1 Å². The van der Waals surface area contributed by atoms with Gasteiger partial charge in [0.05, 0.1) is 0 Å². The minimum Gasteiger partial charge on any atom is -1.00 e. The first kappa shape index (κ1) is 36.4. The zero-order valence-corrected chi connectivity index (χ0v) is 8.91. The lowest BCUT2D eigenvalue weighted by molar-refractivity contribution is -0.595. The van der Waals surface area contributed by atoms with Crippen molar-refractivity contribution in [1.82, 2.24) is 0 Å². The summed E-state index contributed by atoms with van der Waals surface area (Å²) in [5.41, 5.74) is 1.12. The van der Waals surface area contributed by atoms with Crippen molar-refractivity contribution >= 4 is 11.6 Å². The number of halogens is 2. The Bertz CT molecular complexity index is 385. The van der Waals surface area contributed by atoms with E-state index in [1.807, 2.05) is 59.4 Å². The molecule has 0 saturated carbocycles. The predicted molar refractivity (Wildman–Crippen MR) is 93.4 cm³/mol. The Morgan fingerprint density at radius 2 is 1.05 bits per heavy atom. The van der Waals surface area contributed by atoms with E-state index in [1.165, 1.54) is 0 Å². The summed E-state index contributed by atoms with van der Waals surface area (Å²) >= 11 is 5.79. The molecule has 0 aliphatic carbocycles. The van der Waals surface area contributed by atoms with Crippen molar-refractivity contribution in [3.05, 3.63) is 59.9 Å². The second-order valence-corrected chi connectivity index (χ2v) is 3.20. The topological polar surface area (TPSA) is 3.88 Å². The number of hydrogen-bond acceptors (Lipinski definition) is 0. The molecule has 0 fully saturated rings. The van der Waals surface area contributed by atoms with Crippen molar-refractivity contribution in [1.29, 1.82) is 0 Å². The molecule has 0 saturated heterocycles. The summed E-state index contributed by atoms with van der Waals surface area (Å²) in [5.74, 6) is 0. The maximum Gasteiger partial charge on any atom is 0.210 e. The van der Waals surface area contributed by atoms with E-state index in [2.05, 4.69) is 0 Å². The van der Waals surface area contributed by atoms with E-state index >= 15 is 0 Å². The van der Waals surface area contributed by atoms with Crippen LogP contribution in [0.3, 0.4) is 0 Å². The van der Waals surface area contributed by atoms with Gasteiger partial charge >= 0.3 is 0 Å². The molecule has 20 heavy (non-hydrogen) atoms. The minimum atomic E-state index is 0. The molecule has 0 amide bonds. The molecule has 0 aliphatic rings. The first-order valence-electron chi connectivity index (χ1n) is 4.08. The molecule has 2 rings (SSSR count). The van der Waals surface area contributed by atoms with E-state index < -0.39 is 0 Å². The maximum absolute atomic E-state index is 5.79. The van der Waals surface area contributed by atoms with Gasteiger partial charge in [-0.15, -0.1) is 0 Å². The third-order valence-electron chi connectivity index (χ3n) is 1.84. The Morgan fingerprint density at radius 3 is 1.45 bits per heavy atom. The number of aromatic nitrogens is 1. The van der Waals surface area contributed by atoms with Gasteiger partial charge in [-0.1, -0.05) is 62.2 Å². The zero-order valence-electron chi connectivity index (χ0n) is 7.40. The molecular formula is C17H33Cl2N. The van der Waals surface area contributed by atoms with Crippen LogP contribution in [0, 0.1) is 0 Å². The monoisotopic (exact) mass is 321 g/mol. The standard InChI is InChI=1S/C11H9ClN.6CH4.ClH/c12-10-4-6-11(7-5-10)13-8-2-1-3-9-13;;;;;;;/h1-9H;6*1H4;1H/q+1;;;;;;;/p-1. The highest BCUT2D eigenvalue weighted by Gasteiger charge is 2.01. The van der Waals surface area contributed by atoms with E-state index in [0.29, 0.717) is 0 Å². The fourth-order valence-electron chi connectivity index (χ4n) is 1.18. The van der Waals surface area contributed by atoms with Gasteiger partial charge in [0.25, 0.3) is 0 Å². The lowest BCUT2D eigenvalue weighted by Crippen LogP contribution is -3.00. The third-order valence-corrected chi connectivity index (χ3v) is 2.09. The first-order chi connectivity index (χ1) is 6.36. The van der Waals surface area contributed by atoms with E-state index in [4.69, 9.17) is 11.6 Å². The molecule has 0 bridgehead atoms. The second-order valence-electron chi connectivity index (χ2n) is 2.76. The van der Waals surface area contributed by atoms with Crippen LogP contribution in [-0.4, -0.2) is 0 Å². The lowest BCUT2D eigenvalue weighted by atomic mass is 10.3. The van der Waals surface area contributed by atoms with Gasteiger partial charge in [-0.3, -0.25) is 0 Å². The van der Waals surface area contributed by atoms with Crippen LogP contribution in [0.5, 0.6) is 0 Å². The smallest absolute Gasteiger partial charge is 0.210 e. The molecule has 120 valence electrons. The largest absolute Gasteiger partial charge is 1.00 e. The molecule has 1 nitrogen and oxygen atoms in total. The SMILES string of the molecule is C.C.C.C.C.C.Clc1ccc(-[n+]2ccccc2)cc1.[Cl-]. The molecule has 1 heterocycles. The van der Waals surface area contributed by atoms with Gasteiger partial charge in [0.2, 0.25) is 5.69 Å². The van der Waals surface area contributed by atoms with E-state index in [-0.39, 0.29) is 57.0 Å². The highest BCUT2D eigenvalue weighted by Crippen LogP contribution is 2.08. The van der Waals surface area contributed by atoms with Crippen LogP contribution in [0.25, 0.3) is 5.69 Å². The summed E-state index contributed by atoms with van der Waals surface area (Å²) in [6.07, 6.45) is 4.01. The first-order valence-corrected chi connectivity index (χ1v) is 4.46. The summed E-state index contributed by atoms with van der Waals surface area (Å²) in [4.78, 5) is 0. The number of pyridine rings is 1. The molecule has 0 N–H and O–H groups in total. The van der Waals surface area contributed by atoms with Gasteiger partial charge in [-0.25, -0.2) is 0 Å². The van der Waals surface area contributed by atoms with Crippen molar-refractivity contribution in [2.75, 3.05) is 0 Å². The van der Waals surface area contributed by atoms with Crippen molar-refractivity contribution in [2.24, 2.45) is 0 Å². The Kier molecular flexibility index (Phi) is 32.7. The number of rotatable bonds is 1. The summed E-state index contributed by atoms with van der Waals surface area (Å²) in [6, 6.07) is 13.7. The summed E-state index contributed by atoms with van der Waals surface area (Å²) in [5, 5.41) is 0.764. The molecule has 0 radical (unpaired) electrons. The van der Waals surface area contributed by atoms with Gasteiger partial charge in [0, 0.05) is 29.3 Å². The Morgan fingerprint density at radius 1 is 0.650 bits per heavy atom. The van der Waals surface area contributed by atoms with Gasteiger partial charge in [0.1, 0.15) is 0 Å². The van der Waals surface area contributed by atoms with Crippen LogP contribution in [0.4, 0.5) is 0 Å². The molecule has 0 unspecified atom stereocenters. The van der Waals surface area contributed by atoms with Crippen LogP contribution >= 0.6 is 11.6 Å². The van der Waals surface area contributed by atoms with Crippen molar-refractivity contribution in [3.8, 4) is 5.69 Å². The van der Waals surface area contributed by atoms with Crippen LogP contribution in [0.15, 0.2) is 54.9 Å². The highest BCUT2D eigenvalue weighted by atomic mass is 35.5. The summed E-state index contributed by atoms with van der Waals surface area (Å²) in [7, 11) is 0. The van der Waals surface area contributed by atoms with Crippen LogP contribution in [0.2, 0.25) is 5.02 Å². The molecular weight excluding hydrogens is 289 g/mol. The molecule has 1 aromatic carbocycles. The van der Waals surface area contributed by atoms with E-state index in [1.54, 1.807) is 0 Å². The maximum atomic E-state index is 5.79. The Labute approximate surface area is 139 Å². The van der Waals surface area contributed by atoms with Crippen molar-refractivity contribution < 1.29 is 17.0 Å². The number of nitrogens with zero attached hydrogens (tertiary/aromatic N) is 1. The quantitative estimate of drug-likeness (QED) is 0.708. The molecule has 1 aromatic heterocycles. The molecule has 3 heteroatoms. The van der Waals surface area contributed by atoms with Gasteiger partial charge in [-0.2, -0.15) is 4.57 Å². The minimum absolute atomic E-state index is 0. The third kappa shape index (κ3) is 9.82. The van der Waals surface area contributed by atoms with E-state index in [0.717, 1.165) is 10.7 Å². The molecule has 0 spiro atoms. The lowest BCUT2D eigenvalue weighted by Gasteiger charge is -1.93.